The first kappa shape index (κ1) is 21.6. The number of aromatic nitrogens is 2. The van der Waals surface area contributed by atoms with Crippen LogP contribution in [0.5, 0.6) is 5.88 Å². The summed E-state index contributed by atoms with van der Waals surface area (Å²) in [5, 5.41) is 17.3. The van der Waals surface area contributed by atoms with Crippen LogP contribution in [-0.4, -0.2) is 75.1 Å². The summed E-state index contributed by atoms with van der Waals surface area (Å²) in [6.07, 6.45) is 1.81. The fourth-order valence-corrected chi connectivity index (χ4v) is 6.02. The Morgan fingerprint density at radius 3 is 2.79 bits per heavy atom. The lowest BCUT2D eigenvalue weighted by Gasteiger charge is -2.30. The molecule has 2 saturated heterocycles. The fraction of sp³-hybridized carbons (Fsp3) is 0.440. The quantitative estimate of drug-likeness (QED) is 0.430. The minimum Gasteiger partial charge on any atom is -0.493 e. The monoisotopic (exact) mass is 479 g/mol. The molecular weight excluding hydrogens is 450 g/mol. The van der Waals surface area contributed by atoms with Gasteiger partial charge in [0.15, 0.2) is 5.11 Å². The number of morpholine rings is 1. The number of ether oxygens (including phenoxy) is 1. The normalized spacial score (nSPS) is 21.8. The van der Waals surface area contributed by atoms with Gasteiger partial charge in [0.1, 0.15) is 5.69 Å². The first-order chi connectivity index (χ1) is 16.6. The standard InChI is InChI=1S/C25H29N5O3S/c31-23-22-21-15-18(16-28(21)24(34)26-9-4-10-27-11-13-33-14-12-27)29(22)25(32)30(23)20-8-3-6-17-5-1-2-7-19(17)20/h1-3,5-8,18,21,31H,4,9-16H2,(H,26,34)/t18-,21-/m0/s1. The highest BCUT2D eigenvalue weighted by Gasteiger charge is 2.48. The Morgan fingerprint density at radius 1 is 1.15 bits per heavy atom. The van der Waals surface area contributed by atoms with Gasteiger partial charge in [-0.2, -0.15) is 0 Å². The Bertz CT molecular complexity index is 1290. The number of benzene rings is 2. The van der Waals surface area contributed by atoms with Gasteiger partial charge in [0.05, 0.1) is 31.0 Å². The van der Waals surface area contributed by atoms with Crippen molar-refractivity contribution in [1.29, 1.82) is 0 Å². The van der Waals surface area contributed by atoms with Crippen molar-refractivity contribution in [2.75, 3.05) is 45.9 Å². The third-order valence-electron chi connectivity index (χ3n) is 7.36. The van der Waals surface area contributed by atoms with Crippen LogP contribution < -0.4 is 11.0 Å². The highest BCUT2D eigenvalue weighted by molar-refractivity contribution is 7.80. The van der Waals surface area contributed by atoms with Gasteiger partial charge in [-0.25, -0.2) is 9.36 Å². The molecule has 2 bridgehead atoms. The average Bonchev–Trinajstić information content (AvgIpc) is 3.53. The molecule has 1 aromatic heterocycles. The molecule has 6 rings (SSSR count). The van der Waals surface area contributed by atoms with Gasteiger partial charge in [-0.05, 0) is 43.1 Å². The number of hydrogen-bond donors (Lipinski definition) is 2. The van der Waals surface area contributed by atoms with Gasteiger partial charge in [0.2, 0.25) is 5.88 Å². The van der Waals surface area contributed by atoms with Crippen molar-refractivity contribution in [3.05, 3.63) is 58.6 Å². The van der Waals surface area contributed by atoms with Crippen LogP contribution in [0.25, 0.3) is 16.5 Å². The Labute approximate surface area is 203 Å². The summed E-state index contributed by atoms with van der Waals surface area (Å²) in [7, 11) is 0. The molecule has 3 aromatic rings. The van der Waals surface area contributed by atoms with Crippen molar-refractivity contribution >= 4 is 28.1 Å². The van der Waals surface area contributed by atoms with E-state index in [0.717, 1.165) is 63.0 Å². The average molecular weight is 480 g/mol. The summed E-state index contributed by atoms with van der Waals surface area (Å²) in [6.45, 7) is 6.12. The van der Waals surface area contributed by atoms with Crippen LogP contribution >= 0.6 is 12.2 Å². The Hall–Kier alpha value is -2.88. The van der Waals surface area contributed by atoms with Crippen molar-refractivity contribution < 1.29 is 9.84 Å². The predicted molar refractivity (Wildman–Crippen MR) is 135 cm³/mol. The van der Waals surface area contributed by atoms with E-state index < -0.39 is 0 Å². The van der Waals surface area contributed by atoms with Gasteiger partial charge in [-0.1, -0.05) is 36.4 Å². The number of aromatic hydroxyl groups is 1. The maximum Gasteiger partial charge on any atom is 0.336 e. The molecule has 0 spiro atoms. The second-order valence-electron chi connectivity index (χ2n) is 9.29. The van der Waals surface area contributed by atoms with E-state index in [1.165, 1.54) is 4.57 Å². The zero-order chi connectivity index (χ0) is 23.2. The van der Waals surface area contributed by atoms with E-state index in [0.29, 0.717) is 23.0 Å². The minimum atomic E-state index is -0.180. The third-order valence-corrected chi connectivity index (χ3v) is 7.74. The largest absolute Gasteiger partial charge is 0.493 e. The minimum absolute atomic E-state index is 0.0164. The number of imidazole rings is 1. The molecule has 2 atom stereocenters. The summed E-state index contributed by atoms with van der Waals surface area (Å²) in [6, 6.07) is 13.7. The van der Waals surface area contributed by atoms with Gasteiger partial charge in [0, 0.05) is 31.6 Å². The second kappa shape index (κ2) is 8.72. The molecular formula is C25H29N5O3S. The van der Waals surface area contributed by atoms with Crippen LogP contribution in [0.1, 0.15) is 30.6 Å². The highest BCUT2D eigenvalue weighted by Crippen LogP contribution is 2.48. The zero-order valence-electron chi connectivity index (χ0n) is 19.0. The van der Waals surface area contributed by atoms with Gasteiger partial charge in [-0.3, -0.25) is 9.47 Å². The smallest absolute Gasteiger partial charge is 0.336 e. The number of thiocarbonyl (C=S) groups is 1. The van der Waals surface area contributed by atoms with Gasteiger partial charge >= 0.3 is 5.69 Å². The maximum absolute atomic E-state index is 13.4. The van der Waals surface area contributed by atoms with Gasteiger partial charge < -0.3 is 20.1 Å². The molecule has 3 aliphatic heterocycles. The van der Waals surface area contributed by atoms with Crippen molar-refractivity contribution in [1.82, 2.24) is 24.3 Å². The van der Waals surface area contributed by atoms with Gasteiger partial charge in [-0.15, -0.1) is 0 Å². The topological polar surface area (TPSA) is 74.9 Å². The SMILES string of the molecule is O=c1n(-c2cccc3ccccc23)c(O)c2n1[C@H]1C[C@@H]2N(C(=S)NCCCN2CCOCC2)C1. The second-order valence-corrected chi connectivity index (χ2v) is 9.68. The van der Waals surface area contributed by atoms with E-state index in [4.69, 9.17) is 17.0 Å². The summed E-state index contributed by atoms with van der Waals surface area (Å²) < 4.78 is 8.64. The maximum atomic E-state index is 13.4. The molecule has 0 radical (unpaired) electrons. The molecule has 34 heavy (non-hydrogen) atoms. The van der Waals surface area contributed by atoms with Crippen molar-refractivity contribution in [3.8, 4) is 11.6 Å². The summed E-state index contributed by atoms with van der Waals surface area (Å²) in [4.78, 5) is 18.0. The van der Waals surface area contributed by atoms with E-state index in [9.17, 15) is 9.90 Å². The molecule has 0 amide bonds. The van der Waals surface area contributed by atoms with Crippen LogP contribution in [-0.2, 0) is 4.74 Å². The number of hydrogen-bond acceptors (Lipinski definition) is 5. The van der Waals surface area contributed by atoms with E-state index in [2.05, 4.69) is 15.1 Å². The van der Waals surface area contributed by atoms with Crippen LogP contribution in [0.2, 0.25) is 0 Å². The number of likely N-dealkylation sites (tertiary alicyclic amines) is 1. The highest BCUT2D eigenvalue weighted by atomic mass is 32.1. The Kier molecular flexibility index (Phi) is 5.55. The number of fused-ring (bicyclic) bond motifs is 6. The summed E-state index contributed by atoms with van der Waals surface area (Å²) >= 11 is 5.72. The molecule has 3 aliphatic rings. The van der Waals surface area contributed by atoms with Crippen LogP contribution in [0.15, 0.2) is 47.3 Å². The fourth-order valence-electron chi connectivity index (χ4n) is 5.72. The molecule has 8 nitrogen and oxygen atoms in total. The Morgan fingerprint density at radius 2 is 1.94 bits per heavy atom. The van der Waals surface area contributed by atoms with E-state index in [1.54, 1.807) is 4.57 Å². The number of nitrogens with one attached hydrogen (secondary N) is 1. The first-order valence-electron chi connectivity index (χ1n) is 12.0. The van der Waals surface area contributed by atoms with E-state index in [-0.39, 0.29) is 23.7 Å². The zero-order valence-corrected chi connectivity index (χ0v) is 19.8. The lowest BCUT2D eigenvalue weighted by atomic mass is 10.1. The van der Waals surface area contributed by atoms with Crippen LogP contribution in [0.4, 0.5) is 0 Å². The molecule has 4 heterocycles. The molecule has 2 fully saturated rings. The Balaban J connectivity index is 1.21. The van der Waals surface area contributed by atoms with Crippen LogP contribution in [0.3, 0.4) is 0 Å². The molecule has 2 N–H and O–H groups in total. The molecule has 0 saturated carbocycles. The lowest BCUT2D eigenvalue weighted by Crippen LogP contribution is -2.44. The molecule has 0 unspecified atom stereocenters. The number of rotatable bonds is 5. The van der Waals surface area contributed by atoms with Gasteiger partial charge in [0.25, 0.3) is 0 Å². The molecule has 0 aliphatic carbocycles. The van der Waals surface area contributed by atoms with E-state index in [1.807, 2.05) is 42.5 Å². The van der Waals surface area contributed by atoms with E-state index >= 15 is 0 Å². The number of nitrogens with zero attached hydrogens (tertiary/aromatic N) is 4. The summed E-state index contributed by atoms with van der Waals surface area (Å²) in [5.74, 6) is 0.0219. The molecule has 2 aromatic carbocycles. The summed E-state index contributed by atoms with van der Waals surface area (Å²) in [5.41, 5.74) is 1.20. The predicted octanol–water partition coefficient (Wildman–Crippen LogP) is 2.40. The van der Waals surface area contributed by atoms with Crippen molar-refractivity contribution in [2.45, 2.75) is 24.9 Å². The molecule has 9 heteroatoms. The first-order valence-corrected chi connectivity index (χ1v) is 12.4. The van der Waals surface area contributed by atoms with Crippen LogP contribution in [0, 0.1) is 0 Å². The van der Waals surface area contributed by atoms with Crippen molar-refractivity contribution in [3.63, 3.8) is 0 Å². The third kappa shape index (κ3) is 3.50. The van der Waals surface area contributed by atoms with Crippen molar-refractivity contribution in [2.24, 2.45) is 0 Å². The lowest BCUT2D eigenvalue weighted by molar-refractivity contribution is 0.0375. The molecule has 178 valence electrons.